The molecule has 0 saturated heterocycles. The Labute approximate surface area is 241 Å². The number of Topliss-reactive ketones (excluding diaryl/α,β-unsaturated/α-hetero) is 1. The van der Waals surface area contributed by atoms with E-state index in [0.717, 1.165) is 20.1 Å². The number of aliphatic imine (C=N–C) groups is 1. The molecule has 1 aromatic heterocycles. The third kappa shape index (κ3) is 6.90. The number of dihydropyridines is 1. The Morgan fingerprint density at radius 2 is 1.73 bits per heavy atom. The minimum atomic E-state index is -5.16. The van der Waals surface area contributed by atoms with Crippen LogP contribution in [-0.4, -0.2) is 74.8 Å². The molecular formula is C25H28Cl2F6N4O4. The highest BCUT2D eigenvalue weighted by Gasteiger charge is 2.50. The monoisotopic (exact) mass is 632 g/mol. The standard InChI is InChI=1S/C25H28Cl2F6N4O4/c1-22(2,25(31,32)33)12-36(11-17(38)18-15(26)9-34-10-16(18)27)20(39)14-8-35-37(19(14)24(28,29)30)13-4-6-23(3,7-5-13)21(40)41/h8-9,13,16H,4-7,10-12H2,1-3H3,(H,40,41). The molecule has 1 N–H and O–H groups in total. The maximum Gasteiger partial charge on any atom is 0.433 e. The first kappa shape index (κ1) is 32.9. The number of ketones is 1. The zero-order valence-corrected chi connectivity index (χ0v) is 23.8. The number of hydrogen-bond donors (Lipinski definition) is 1. The minimum Gasteiger partial charge on any atom is -0.481 e. The highest BCUT2D eigenvalue weighted by atomic mass is 35.5. The predicted molar refractivity (Wildman–Crippen MR) is 137 cm³/mol. The Balaban J connectivity index is 2.03. The van der Waals surface area contributed by atoms with Gasteiger partial charge in [-0.25, -0.2) is 0 Å². The summed E-state index contributed by atoms with van der Waals surface area (Å²) < 4.78 is 85.0. The topological polar surface area (TPSA) is 105 Å². The zero-order chi connectivity index (χ0) is 31.1. The van der Waals surface area contributed by atoms with E-state index in [1.165, 1.54) is 6.92 Å². The maximum absolute atomic E-state index is 14.4. The van der Waals surface area contributed by atoms with Gasteiger partial charge in [-0.05, 0) is 46.5 Å². The van der Waals surface area contributed by atoms with Gasteiger partial charge in [0.25, 0.3) is 5.91 Å². The molecule has 8 nitrogen and oxygen atoms in total. The van der Waals surface area contributed by atoms with Crippen molar-refractivity contribution in [2.24, 2.45) is 15.8 Å². The van der Waals surface area contributed by atoms with Crippen LogP contribution >= 0.6 is 23.2 Å². The lowest BCUT2D eigenvalue weighted by Gasteiger charge is -2.35. The minimum absolute atomic E-state index is 0.00974. The predicted octanol–water partition coefficient (Wildman–Crippen LogP) is 5.89. The van der Waals surface area contributed by atoms with E-state index < -0.39 is 76.6 Å². The first-order valence-electron chi connectivity index (χ1n) is 12.5. The van der Waals surface area contributed by atoms with Crippen molar-refractivity contribution in [2.45, 2.75) is 70.2 Å². The van der Waals surface area contributed by atoms with E-state index in [0.29, 0.717) is 15.8 Å². The second kappa shape index (κ2) is 11.6. The van der Waals surface area contributed by atoms with Gasteiger partial charge in [-0.15, -0.1) is 11.6 Å². The molecule has 2 aliphatic rings. The molecule has 1 unspecified atom stereocenters. The number of carboxylic acid groups (broad SMARTS) is 1. The van der Waals surface area contributed by atoms with E-state index >= 15 is 0 Å². The van der Waals surface area contributed by atoms with Crippen molar-refractivity contribution in [3.8, 4) is 0 Å². The normalized spacial score (nSPS) is 24.0. The number of allylic oxidation sites excluding steroid dienone is 1. The number of alkyl halides is 7. The molecule has 1 amide bonds. The number of carbonyl (C=O) groups excluding carboxylic acids is 2. The first-order chi connectivity index (χ1) is 18.7. The fraction of sp³-hybridized carbons (Fsp3) is 0.640. The van der Waals surface area contributed by atoms with E-state index in [1.54, 1.807) is 0 Å². The molecule has 1 saturated carbocycles. The smallest absolute Gasteiger partial charge is 0.433 e. The van der Waals surface area contributed by atoms with Crippen LogP contribution < -0.4 is 0 Å². The van der Waals surface area contributed by atoms with E-state index in [2.05, 4.69) is 10.1 Å². The summed E-state index contributed by atoms with van der Waals surface area (Å²) in [4.78, 5) is 42.4. The fourth-order valence-corrected chi connectivity index (χ4v) is 5.50. The Kier molecular flexibility index (Phi) is 9.29. The Hall–Kier alpha value is -2.61. The molecule has 1 aromatic rings. The van der Waals surface area contributed by atoms with Crippen molar-refractivity contribution in [3.05, 3.63) is 28.1 Å². The number of carbonyl (C=O) groups is 3. The van der Waals surface area contributed by atoms with Crippen molar-refractivity contribution in [1.29, 1.82) is 0 Å². The van der Waals surface area contributed by atoms with Gasteiger partial charge in [-0.2, -0.15) is 31.4 Å². The molecular weight excluding hydrogens is 605 g/mol. The number of amides is 1. The van der Waals surface area contributed by atoms with E-state index in [9.17, 15) is 45.8 Å². The number of rotatable bonds is 8. The lowest BCUT2D eigenvalue weighted by Crippen LogP contribution is -2.48. The number of carboxylic acids is 1. The van der Waals surface area contributed by atoms with Crippen molar-refractivity contribution in [2.75, 3.05) is 19.6 Å². The van der Waals surface area contributed by atoms with Crippen molar-refractivity contribution < 1.29 is 45.8 Å². The first-order valence-corrected chi connectivity index (χ1v) is 13.3. The van der Waals surface area contributed by atoms with Crippen LogP contribution in [0.4, 0.5) is 26.3 Å². The van der Waals surface area contributed by atoms with Crippen LogP contribution in [0.5, 0.6) is 0 Å². The lowest BCUT2D eigenvalue weighted by molar-refractivity contribution is -0.214. The van der Waals surface area contributed by atoms with Crippen molar-refractivity contribution in [1.82, 2.24) is 14.7 Å². The Bertz CT molecular complexity index is 1260. The summed E-state index contributed by atoms with van der Waals surface area (Å²) in [6.45, 7) is 0.707. The number of aliphatic carboxylic acids is 1. The molecule has 0 spiro atoms. The van der Waals surface area contributed by atoms with Crippen LogP contribution in [0.1, 0.15) is 68.5 Å². The molecule has 228 valence electrons. The number of halogens is 8. The summed E-state index contributed by atoms with van der Waals surface area (Å²) >= 11 is 12.1. The number of hydrogen-bond acceptors (Lipinski definition) is 5. The van der Waals surface area contributed by atoms with Gasteiger partial charge in [0.05, 0.1) is 52.1 Å². The second-order valence-electron chi connectivity index (χ2n) is 11.1. The number of nitrogens with zero attached hydrogens (tertiary/aromatic N) is 4. The fourth-order valence-electron chi connectivity index (χ4n) is 4.82. The average molecular weight is 633 g/mol. The van der Waals surface area contributed by atoms with Gasteiger partial charge in [0.2, 0.25) is 0 Å². The van der Waals surface area contributed by atoms with Crippen molar-refractivity contribution >= 4 is 47.1 Å². The van der Waals surface area contributed by atoms with Gasteiger partial charge in [0, 0.05) is 18.3 Å². The Morgan fingerprint density at radius 3 is 2.22 bits per heavy atom. The largest absolute Gasteiger partial charge is 0.481 e. The van der Waals surface area contributed by atoms with Crippen LogP contribution in [0, 0.1) is 10.8 Å². The van der Waals surface area contributed by atoms with Gasteiger partial charge >= 0.3 is 18.3 Å². The van der Waals surface area contributed by atoms with E-state index in [-0.39, 0.29) is 42.8 Å². The summed E-state index contributed by atoms with van der Waals surface area (Å²) in [5.41, 5.74) is -6.51. The average Bonchev–Trinajstić information content (AvgIpc) is 3.28. The maximum atomic E-state index is 14.4. The van der Waals surface area contributed by atoms with E-state index in [1.807, 2.05) is 0 Å². The molecule has 0 bridgehead atoms. The van der Waals surface area contributed by atoms with Gasteiger partial charge < -0.3 is 10.0 Å². The zero-order valence-electron chi connectivity index (χ0n) is 22.2. The highest BCUT2D eigenvalue weighted by Crippen LogP contribution is 2.44. The highest BCUT2D eigenvalue weighted by molar-refractivity contribution is 6.43. The molecule has 0 radical (unpaired) electrons. The molecule has 1 aliphatic heterocycles. The number of aromatic nitrogens is 2. The van der Waals surface area contributed by atoms with Crippen LogP contribution in [0.15, 0.2) is 21.8 Å². The second-order valence-corrected chi connectivity index (χ2v) is 12.1. The van der Waals surface area contributed by atoms with Crippen LogP contribution in [-0.2, 0) is 15.8 Å². The van der Waals surface area contributed by atoms with E-state index in [4.69, 9.17) is 23.2 Å². The molecule has 1 fully saturated rings. The molecule has 0 aromatic carbocycles. The summed E-state index contributed by atoms with van der Waals surface area (Å²) in [7, 11) is 0. The van der Waals surface area contributed by atoms with Crippen LogP contribution in [0.3, 0.4) is 0 Å². The van der Waals surface area contributed by atoms with Crippen LogP contribution in [0.2, 0.25) is 0 Å². The molecule has 2 heterocycles. The molecule has 41 heavy (non-hydrogen) atoms. The van der Waals surface area contributed by atoms with Gasteiger partial charge in [0.15, 0.2) is 11.5 Å². The van der Waals surface area contributed by atoms with Gasteiger partial charge in [-0.1, -0.05) is 11.6 Å². The molecule has 16 heteroatoms. The Morgan fingerprint density at radius 1 is 1.15 bits per heavy atom. The third-order valence-corrected chi connectivity index (χ3v) is 8.19. The summed E-state index contributed by atoms with van der Waals surface area (Å²) in [6.07, 6.45) is -8.20. The lowest BCUT2D eigenvalue weighted by atomic mass is 9.74. The summed E-state index contributed by atoms with van der Waals surface area (Å²) in [5.74, 6) is -3.53. The van der Waals surface area contributed by atoms with Gasteiger partial charge in [-0.3, -0.25) is 24.1 Å². The third-order valence-electron chi connectivity index (χ3n) is 7.53. The summed E-state index contributed by atoms with van der Waals surface area (Å²) in [6, 6.07) is -0.912. The molecule has 1 atom stereocenters. The summed E-state index contributed by atoms with van der Waals surface area (Å²) in [5, 5.41) is 12.0. The molecule has 3 rings (SSSR count). The quantitative estimate of drug-likeness (QED) is 0.284. The SMILES string of the molecule is CC1(C(=O)O)CCC(n2ncc(C(=O)N(CC(=O)C3=C(Cl)C=NCC3Cl)CC(C)(C)C(F)(F)F)c2C(F)(F)F)CC1. The van der Waals surface area contributed by atoms with Gasteiger partial charge in [0.1, 0.15) is 0 Å². The molecule has 1 aliphatic carbocycles. The van der Waals surface area contributed by atoms with Crippen molar-refractivity contribution in [3.63, 3.8) is 0 Å². The van der Waals surface area contributed by atoms with Crippen LogP contribution in [0.25, 0.3) is 0 Å².